The molecule has 0 saturated carbocycles. The van der Waals surface area contributed by atoms with E-state index in [1.54, 1.807) is 18.2 Å². The van der Waals surface area contributed by atoms with Crippen LogP contribution in [0.15, 0.2) is 23.1 Å². The Labute approximate surface area is 134 Å². The fourth-order valence-electron chi connectivity index (χ4n) is 2.40. The smallest absolute Gasteiger partial charge is 0.242 e. The van der Waals surface area contributed by atoms with E-state index in [2.05, 4.69) is 18.8 Å². The molecule has 3 rings (SSSR count). The van der Waals surface area contributed by atoms with Crippen molar-refractivity contribution >= 4 is 45.2 Å². The predicted octanol–water partition coefficient (Wildman–Crippen LogP) is 1.39. The van der Waals surface area contributed by atoms with Gasteiger partial charge in [0.1, 0.15) is 15.9 Å². The standard InChI is InChI=1S/C12H16N4O2S2.ClH/c17-20(18,14-8-9-3-2-6-13-7-9)11-5-1-4-10-12(11)16-19-15-10;/h1,4-5,9,13-14H,2-3,6-8H2;1H. The number of fused-ring (bicyclic) bond motifs is 1. The van der Waals surface area contributed by atoms with Crippen molar-refractivity contribution in [1.29, 1.82) is 0 Å². The first-order valence-corrected chi connectivity index (χ1v) is 8.80. The minimum atomic E-state index is -3.53. The first-order valence-electron chi connectivity index (χ1n) is 6.58. The van der Waals surface area contributed by atoms with Gasteiger partial charge in [0.15, 0.2) is 0 Å². The lowest BCUT2D eigenvalue weighted by molar-refractivity contribution is 0.376. The summed E-state index contributed by atoms with van der Waals surface area (Å²) < 4.78 is 35.6. The molecule has 0 bridgehead atoms. The Morgan fingerprint density at radius 3 is 3.00 bits per heavy atom. The Hall–Kier alpha value is -0.800. The lowest BCUT2D eigenvalue weighted by atomic mass is 10.0. The number of nitrogens with zero attached hydrogens (tertiary/aromatic N) is 2. The third-order valence-electron chi connectivity index (χ3n) is 3.50. The summed E-state index contributed by atoms with van der Waals surface area (Å²) in [6, 6.07) is 5.04. The highest BCUT2D eigenvalue weighted by atomic mass is 35.5. The molecule has 1 aliphatic heterocycles. The zero-order valence-corrected chi connectivity index (χ0v) is 13.7. The van der Waals surface area contributed by atoms with E-state index < -0.39 is 10.0 Å². The molecular formula is C12H17ClN4O2S2. The molecule has 2 aromatic rings. The number of aromatic nitrogens is 2. The number of hydrogen-bond acceptors (Lipinski definition) is 6. The first-order chi connectivity index (χ1) is 9.67. The molecule has 116 valence electrons. The number of nitrogens with one attached hydrogen (secondary N) is 2. The number of halogens is 1. The van der Waals surface area contributed by atoms with Crippen LogP contribution in [0.3, 0.4) is 0 Å². The highest BCUT2D eigenvalue weighted by Crippen LogP contribution is 2.21. The Bertz CT molecular complexity index is 698. The molecule has 1 atom stereocenters. The van der Waals surface area contributed by atoms with Crippen molar-refractivity contribution in [2.24, 2.45) is 5.92 Å². The monoisotopic (exact) mass is 348 g/mol. The molecule has 2 heterocycles. The van der Waals surface area contributed by atoms with Gasteiger partial charge in [0, 0.05) is 6.54 Å². The van der Waals surface area contributed by atoms with Gasteiger partial charge in [-0.1, -0.05) is 6.07 Å². The molecule has 1 aliphatic rings. The van der Waals surface area contributed by atoms with Gasteiger partial charge < -0.3 is 5.32 Å². The number of rotatable bonds is 4. The van der Waals surface area contributed by atoms with Crippen molar-refractivity contribution < 1.29 is 8.42 Å². The number of piperidine rings is 1. The fourth-order valence-corrected chi connectivity index (χ4v) is 4.28. The molecule has 1 aromatic carbocycles. The van der Waals surface area contributed by atoms with Crippen molar-refractivity contribution in [3.8, 4) is 0 Å². The van der Waals surface area contributed by atoms with Crippen LogP contribution in [0.5, 0.6) is 0 Å². The SMILES string of the molecule is Cl.O=S(=O)(NCC1CCCNC1)c1cccc2nsnc12. The highest BCUT2D eigenvalue weighted by Gasteiger charge is 2.21. The molecule has 6 nitrogen and oxygen atoms in total. The molecule has 0 amide bonds. The zero-order valence-electron chi connectivity index (χ0n) is 11.3. The lowest BCUT2D eigenvalue weighted by Crippen LogP contribution is -2.38. The van der Waals surface area contributed by atoms with E-state index in [-0.39, 0.29) is 17.3 Å². The van der Waals surface area contributed by atoms with Gasteiger partial charge in [-0.05, 0) is 44.0 Å². The van der Waals surface area contributed by atoms with Gasteiger partial charge in [0.2, 0.25) is 10.0 Å². The van der Waals surface area contributed by atoms with Crippen LogP contribution in [0.2, 0.25) is 0 Å². The molecule has 1 saturated heterocycles. The summed E-state index contributed by atoms with van der Waals surface area (Å²) in [5.74, 6) is 0.353. The van der Waals surface area contributed by atoms with Gasteiger partial charge in [-0.25, -0.2) is 13.1 Å². The first kappa shape index (κ1) is 16.6. The van der Waals surface area contributed by atoms with Crippen LogP contribution >= 0.6 is 24.1 Å². The molecule has 2 N–H and O–H groups in total. The number of benzene rings is 1. The van der Waals surface area contributed by atoms with Gasteiger partial charge in [-0.15, -0.1) is 12.4 Å². The molecular weight excluding hydrogens is 332 g/mol. The summed E-state index contributed by atoms with van der Waals surface area (Å²) in [6.45, 7) is 2.35. The van der Waals surface area contributed by atoms with Crippen LogP contribution in [0.4, 0.5) is 0 Å². The lowest BCUT2D eigenvalue weighted by Gasteiger charge is -2.22. The second kappa shape index (κ2) is 6.97. The molecule has 21 heavy (non-hydrogen) atoms. The third-order valence-corrected chi connectivity index (χ3v) is 5.50. The number of sulfonamides is 1. The van der Waals surface area contributed by atoms with E-state index >= 15 is 0 Å². The van der Waals surface area contributed by atoms with Crippen molar-refractivity contribution in [2.45, 2.75) is 17.7 Å². The topological polar surface area (TPSA) is 84.0 Å². The Morgan fingerprint density at radius 1 is 1.38 bits per heavy atom. The maximum atomic E-state index is 12.4. The van der Waals surface area contributed by atoms with E-state index in [1.165, 1.54) is 0 Å². The average Bonchev–Trinajstić information content (AvgIpc) is 2.94. The van der Waals surface area contributed by atoms with Crippen molar-refractivity contribution in [3.05, 3.63) is 18.2 Å². The minimum Gasteiger partial charge on any atom is -0.316 e. The summed E-state index contributed by atoms with van der Waals surface area (Å²) >= 11 is 1.03. The van der Waals surface area contributed by atoms with Crippen LogP contribution in [-0.4, -0.2) is 36.8 Å². The summed E-state index contributed by atoms with van der Waals surface area (Å²) in [4.78, 5) is 0.215. The molecule has 9 heteroatoms. The minimum absolute atomic E-state index is 0. The zero-order chi connectivity index (χ0) is 14.0. The third kappa shape index (κ3) is 3.70. The molecule has 0 radical (unpaired) electrons. The second-order valence-corrected chi connectivity index (χ2v) is 7.22. The van der Waals surface area contributed by atoms with Gasteiger partial charge in [0.25, 0.3) is 0 Å². The van der Waals surface area contributed by atoms with Gasteiger partial charge in [-0.3, -0.25) is 0 Å². The van der Waals surface area contributed by atoms with E-state index in [0.29, 0.717) is 23.5 Å². The molecule has 0 spiro atoms. The summed E-state index contributed by atoms with van der Waals surface area (Å²) in [6.07, 6.45) is 2.15. The average molecular weight is 349 g/mol. The van der Waals surface area contributed by atoms with Crippen LogP contribution in [0.25, 0.3) is 11.0 Å². The van der Waals surface area contributed by atoms with Gasteiger partial charge in [-0.2, -0.15) is 8.75 Å². The molecule has 1 aromatic heterocycles. The summed E-state index contributed by atoms with van der Waals surface area (Å²) in [7, 11) is -3.53. The maximum Gasteiger partial charge on any atom is 0.242 e. The second-order valence-electron chi connectivity index (χ2n) is 4.95. The normalized spacial score (nSPS) is 19.3. The van der Waals surface area contributed by atoms with E-state index in [4.69, 9.17) is 0 Å². The highest BCUT2D eigenvalue weighted by molar-refractivity contribution is 7.89. The summed E-state index contributed by atoms with van der Waals surface area (Å²) in [5.41, 5.74) is 1.07. The van der Waals surface area contributed by atoms with E-state index in [1.807, 2.05) is 0 Å². The molecule has 0 aliphatic carbocycles. The van der Waals surface area contributed by atoms with Gasteiger partial charge in [0.05, 0.1) is 11.7 Å². The number of hydrogen-bond donors (Lipinski definition) is 2. The quantitative estimate of drug-likeness (QED) is 0.872. The van der Waals surface area contributed by atoms with E-state index in [0.717, 1.165) is 37.7 Å². The fraction of sp³-hybridized carbons (Fsp3) is 0.500. The predicted molar refractivity (Wildman–Crippen MR) is 85.4 cm³/mol. The van der Waals surface area contributed by atoms with Gasteiger partial charge >= 0.3 is 0 Å². The van der Waals surface area contributed by atoms with Crippen molar-refractivity contribution in [1.82, 2.24) is 18.8 Å². The van der Waals surface area contributed by atoms with Crippen LogP contribution in [0, 0.1) is 5.92 Å². The Morgan fingerprint density at radius 2 is 2.24 bits per heavy atom. The van der Waals surface area contributed by atoms with Crippen LogP contribution < -0.4 is 10.0 Å². The van der Waals surface area contributed by atoms with E-state index in [9.17, 15) is 8.42 Å². The Balaban J connectivity index is 0.00000161. The van der Waals surface area contributed by atoms with Crippen molar-refractivity contribution in [2.75, 3.05) is 19.6 Å². The largest absolute Gasteiger partial charge is 0.316 e. The summed E-state index contributed by atoms with van der Waals surface area (Å²) in [5, 5.41) is 3.28. The van der Waals surface area contributed by atoms with Crippen LogP contribution in [-0.2, 0) is 10.0 Å². The maximum absolute atomic E-state index is 12.4. The van der Waals surface area contributed by atoms with Crippen molar-refractivity contribution in [3.63, 3.8) is 0 Å². The molecule has 1 unspecified atom stereocenters. The van der Waals surface area contributed by atoms with Crippen LogP contribution in [0.1, 0.15) is 12.8 Å². The Kier molecular flexibility index (Phi) is 5.50. The molecule has 1 fully saturated rings.